The molecule has 1 saturated carbocycles. The van der Waals surface area contributed by atoms with Gasteiger partial charge in [0.1, 0.15) is 17.2 Å². The van der Waals surface area contributed by atoms with Gasteiger partial charge in [0.2, 0.25) is 5.88 Å². The summed E-state index contributed by atoms with van der Waals surface area (Å²) in [5.41, 5.74) is -0.0783. The van der Waals surface area contributed by atoms with Gasteiger partial charge in [0.05, 0.1) is 0 Å². The third-order valence-electron chi connectivity index (χ3n) is 3.77. The van der Waals surface area contributed by atoms with Gasteiger partial charge in [-0.25, -0.2) is 4.39 Å². The van der Waals surface area contributed by atoms with E-state index < -0.39 is 11.4 Å². The summed E-state index contributed by atoms with van der Waals surface area (Å²) in [7, 11) is 0. The van der Waals surface area contributed by atoms with Gasteiger partial charge in [-0.1, -0.05) is 25.0 Å². The van der Waals surface area contributed by atoms with E-state index in [1.165, 1.54) is 18.2 Å². The summed E-state index contributed by atoms with van der Waals surface area (Å²) >= 11 is 0. The molecular formula is C15H15FN2O2. The molecule has 2 N–H and O–H groups in total. The molecule has 3 rings (SSSR count). The molecule has 0 spiro atoms. The highest BCUT2D eigenvalue weighted by molar-refractivity contribution is 5.67. The van der Waals surface area contributed by atoms with Gasteiger partial charge in [0, 0.05) is 5.92 Å². The van der Waals surface area contributed by atoms with Crippen LogP contribution in [0.5, 0.6) is 5.88 Å². The number of nitrogens with one attached hydrogen (secondary N) is 1. The fourth-order valence-corrected chi connectivity index (χ4v) is 2.78. The van der Waals surface area contributed by atoms with Gasteiger partial charge >= 0.3 is 0 Å². The second-order valence-electron chi connectivity index (χ2n) is 5.14. The van der Waals surface area contributed by atoms with Crippen LogP contribution < -0.4 is 5.56 Å². The molecule has 0 aliphatic heterocycles. The lowest BCUT2D eigenvalue weighted by molar-refractivity contribution is 0.446. The maximum absolute atomic E-state index is 13.2. The molecule has 0 bridgehead atoms. The first-order chi connectivity index (χ1) is 9.65. The minimum absolute atomic E-state index is 0.0197. The minimum Gasteiger partial charge on any atom is -0.493 e. The third kappa shape index (κ3) is 2.31. The standard InChI is InChI=1S/C15H15FN2O2/c16-11-7-3-6-10(8-11)12-14(19)17-13(18-15(12)20)9-4-1-2-5-9/h3,6-9H,1-2,4-5H2,(H2,17,18,19,20). The molecule has 0 saturated heterocycles. The molecule has 0 atom stereocenters. The Hall–Kier alpha value is -2.17. The van der Waals surface area contributed by atoms with E-state index in [0.717, 1.165) is 25.7 Å². The highest BCUT2D eigenvalue weighted by atomic mass is 19.1. The van der Waals surface area contributed by atoms with Crippen molar-refractivity contribution in [2.24, 2.45) is 0 Å². The fraction of sp³-hybridized carbons (Fsp3) is 0.333. The summed E-state index contributed by atoms with van der Waals surface area (Å²) in [5.74, 6) is -0.0530. The predicted octanol–water partition coefficient (Wildman–Crippen LogP) is 2.94. The zero-order valence-electron chi connectivity index (χ0n) is 10.9. The van der Waals surface area contributed by atoms with Crippen LogP contribution in [-0.2, 0) is 0 Å². The molecule has 0 radical (unpaired) electrons. The van der Waals surface area contributed by atoms with E-state index in [1.54, 1.807) is 6.07 Å². The molecular weight excluding hydrogens is 259 g/mol. The van der Waals surface area contributed by atoms with Gasteiger partial charge in [-0.2, -0.15) is 4.98 Å². The van der Waals surface area contributed by atoms with Crippen LogP contribution in [0.1, 0.15) is 37.4 Å². The van der Waals surface area contributed by atoms with Gasteiger partial charge in [0.25, 0.3) is 5.56 Å². The Balaban J connectivity index is 2.07. The van der Waals surface area contributed by atoms with Crippen LogP contribution in [0.25, 0.3) is 11.1 Å². The van der Waals surface area contributed by atoms with Crippen LogP contribution in [0.2, 0.25) is 0 Å². The van der Waals surface area contributed by atoms with Crippen LogP contribution >= 0.6 is 0 Å². The average molecular weight is 274 g/mol. The average Bonchev–Trinajstić information content (AvgIpc) is 2.91. The van der Waals surface area contributed by atoms with Gasteiger partial charge in [0.15, 0.2) is 0 Å². The first-order valence-corrected chi connectivity index (χ1v) is 6.74. The van der Waals surface area contributed by atoms with Crippen molar-refractivity contribution in [2.45, 2.75) is 31.6 Å². The van der Waals surface area contributed by atoms with Crippen LogP contribution in [0.15, 0.2) is 29.1 Å². The van der Waals surface area contributed by atoms with Crippen molar-refractivity contribution in [3.63, 3.8) is 0 Å². The Kier molecular flexibility index (Phi) is 3.26. The number of H-pyrrole nitrogens is 1. The molecule has 1 aliphatic carbocycles. The maximum atomic E-state index is 13.2. The normalized spacial score (nSPS) is 15.7. The molecule has 104 valence electrons. The van der Waals surface area contributed by atoms with E-state index in [1.807, 2.05) is 0 Å². The number of halogens is 1. The number of hydrogen-bond donors (Lipinski definition) is 2. The number of aromatic hydroxyl groups is 1. The summed E-state index contributed by atoms with van der Waals surface area (Å²) in [6.45, 7) is 0. The molecule has 1 fully saturated rings. The van der Waals surface area contributed by atoms with E-state index >= 15 is 0 Å². The zero-order valence-corrected chi connectivity index (χ0v) is 10.9. The predicted molar refractivity (Wildman–Crippen MR) is 73.1 cm³/mol. The summed E-state index contributed by atoms with van der Waals surface area (Å²) in [6.07, 6.45) is 4.17. The van der Waals surface area contributed by atoms with Crippen molar-refractivity contribution in [3.05, 3.63) is 46.3 Å². The molecule has 20 heavy (non-hydrogen) atoms. The van der Waals surface area contributed by atoms with Crippen LogP contribution in [-0.4, -0.2) is 15.1 Å². The van der Waals surface area contributed by atoms with Gasteiger partial charge in [-0.3, -0.25) is 4.79 Å². The fourth-order valence-electron chi connectivity index (χ4n) is 2.78. The number of aromatic amines is 1. The highest BCUT2D eigenvalue weighted by Gasteiger charge is 2.22. The van der Waals surface area contributed by atoms with Gasteiger partial charge in [-0.05, 0) is 30.5 Å². The number of benzene rings is 1. The summed E-state index contributed by atoms with van der Waals surface area (Å²) in [4.78, 5) is 19.0. The smallest absolute Gasteiger partial charge is 0.262 e. The largest absolute Gasteiger partial charge is 0.493 e. The van der Waals surface area contributed by atoms with Crippen LogP contribution in [0.4, 0.5) is 4.39 Å². The minimum atomic E-state index is -0.457. The molecule has 0 unspecified atom stereocenters. The van der Waals surface area contributed by atoms with E-state index in [2.05, 4.69) is 9.97 Å². The van der Waals surface area contributed by atoms with Crippen molar-refractivity contribution in [2.75, 3.05) is 0 Å². The van der Waals surface area contributed by atoms with Crippen molar-refractivity contribution in [3.8, 4) is 17.0 Å². The summed E-state index contributed by atoms with van der Waals surface area (Å²) < 4.78 is 13.2. The monoisotopic (exact) mass is 274 g/mol. The van der Waals surface area contributed by atoms with Crippen molar-refractivity contribution < 1.29 is 9.50 Å². The first kappa shape index (κ1) is 12.8. The summed E-state index contributed by atoms with van der Waals surface area (Å²) in [5, 5.41) is 10.0. The molecule has 1 aromatic carbocycles. The van der Waals surface area contributed by atoms with Gasteiger partial charge < -0.3 is 10.1 Å². The number of rotatable bonds is 2. The molecule has 1 aromatic heterocycles. The Labute approximate surface area is 115 Å². The molecule has 0 amide bonds. The van der Waals surface area contributed by atoms with E-state index in [4.69, 9.17) is 0 Å². The SMILES string of the molecule is O=c1[nH]c(C2CCCC2)nc(O)c1-c1cccc(F)c1. The second kappa shape index (κ2) is 5.07. The van der Waals surface area contributed by atoms with E-state index in [9.17, 15) is 14.3 Å². The lowest BCUT2D eigenvalue weighted by Gasteiger charge is -2.10. The van der Waals surface area contributed by atoms with Crippen molar-refractivity contribution >= 4 is 0 Å². The third-order valence-corrected chi connectivity index (χ3v) is 3.77. The number of nitrogens with zero attached hydrogens (tertiary/aromatic N) is 1. The lowest BCUT2D eigenvalue weighted by Crippen LogP contribution is -2.15. The van der Waals surface area contributed by atoms with Crippen LogP contribution in [0.3, 0.4) is 0 Å². The van der Waals surface area contributed by atoms with E-state index in [-0.39, 0.29) is 17.4 Å². The maximum Gasteiger partial charge on any atom is 0.262 e. The molecule has 1 aliphatic rings. The molecule has 2 aromatic rings. The number of hydrogen-bond acceptors (Lipinski definition) is 3. The molecule has 4 nitrogen and oxygen atoms in total. The number of aromatic nitrogens is 2. The Bertz CT molecular complexity index is 691. The second-order valence-corrected chi connectivity index (χ2v) is 5.14. The zero-order chi connectivity index (χ0) is 14.1. The summed E-state index contributed by atoms with van der Waals surface area (Å²) in [6, 6.07) is 5.56. The quantitative estimate of drug-likeness (QED) is 0.884. The van der Waals surface area contributed by atoms with Gasteiger partial charge in [-0.15, -0.1) is 0 Å². The Morgan fingerprint density at radius 2 is 2.05 bits per heavy atom. The van der Waals surface area contributed by atoms with E-state index in [0.29, 0.717) is 11.4 Å². The van der Waals surface area contributed by atoms with Crippen LogP contribution in [0, 0.1) is 5.82 Å². The highest BCUT2D eigenvalue weighted by Crippen LogP contribution is 2.33. The molecule has 1 heterocycles. The first-order valence-electron chi connectivity index (χ1n) is 6.74. The Morgan fingerprint density at radius 3 is 2.70 bits per heavy atom. The Morgan fingerprint density at radius 1 is 1.30 bits per heavy atom. The molecule has 5 heteroatoms. The topological polar surface area (TPSA) is 66.0 Å². The lowest BCUT2D eigenvalue weighted by atomic mass is 10.1. The van der Waals surface area contributed by atoms with Crippen molar-refractivity contribution in [1.29, 1.82) is 0 Å². The van der Waals surface area contributed by atoms with Crippen molar-refractivity contribution in [1.82, 2.24) is 9.97 Å².